The SMILES string of the molecule is Cc1cccc(NS(=O)(=O)c2ccc(Cl)c(C(=O)NC(C)Cc3ccsc3)c2)c1. The number of hydrogen-bond acceptors (Lipinski definition) is 4. The van der Waals surface area contributed by atoms with Gasteiger partial charge in [-0.25, -0.2) is 8.42 Å². The predicted octanol–water partition coefficient (Wildman–Crippen LogP) is 4.87. The minimum absolute atomic E-state index is 0.0287. The topological polar surface area (TPSA) is 75.3 Å². The van der Waals surface area contributed by atoms with E-state index in [9.17, 15) is 13.2 Å². The van der Waals surface area contributed by atoms with Gasteiger partial charge in [0.2, 0.25) is 0 Å². The lowest BCUT2D eigenvalue weighted by Crippen LogP contribution is -2.34. The van der Waals surface area contributed by atoms with Crippen molar-refractivity contribution in [3.63, 3.8) is 0 Å². The molecule has 0 aliphatic heterocycles. The molecule has 0 bridgehead atoms. The van der Waals surface area contributed by atoms with Crippen molar-refractivity contribution in [2.75, 3.05) is 4.72 Å². The molecule has 1 atom stereocenters. The fraction of sp³-hybridized carbons (Fsp3) is 0.190. The maximum absolute atomic E-state index is 12.7. The fourth-order valence-corrected chi connectivity index (χ4v) is 4.84. The van der Waals surface area contributed by atoms with E-state index in [0.29, 0.717) is 12.1 Å². The second kappa shape index (κ2) is 8.98. The van der Waals surface area contributed by atoms with E-state index in [2.05, 4.69) is 10.0 Å². The number of hydrogen-bond donors (Lipinski definition) is 2. The lowest BCUT2D eigenvalue weighted by molar-refractivity contribution is 0.0940. The van der Waals surface area contributed by atoms with Crippen molar-refractivity contribution >= 4 is 44.6 Å². The van der Waals surface area contributed by atoms with Gasteiger partial charge in [0.15, 0.2) is 0 Å². The Kier molecular flexibility index (Phi) is 6.62. The molecule has 3 aromatic rings. The minimum Gasteiger partial charge on any atom is -0.349 e. The molecular weight excluding hydrogens is 428 g/mol. The highest BCUT2D eigenvalue weighted by Crippen LogP contribution is 2.23. The molecule has 1 aromatic heterocycles. The van der Waals surface area contributed by atoms with Gasteiger partial charge < -0.3 is 5.32 Å². The Balaban J connectivity index is 1.78. The van der Waals surface area contributed by atoms with E-state index < -0.39 is 15.9 Å². The van der Waals surface area contributed by atoms with Gasteiger partial charge in [-0.1, -0.05) is 23.7 Å². The highest BCUT2D eigenvalue weighted by Gasteiger charge is 2.20. The van der Waals surface area contributed by atoms with Crippen LogP contribution in [0.15, 0.2) is 64.2 Å². The first-order chi connectivity index (χ1) is 13.7. The van der Waals surface area contributed by atoms with Crippen LogP contribution in [0.4, 0.5) is 5.69 Å². The van der Waals surface area contributed by atoms with Crippen molar-refractivity contribution in [3.8, 4) is 0 Å². The Morgan fingerprint density at radius 2 is 1.97 bits per heavy atom. The van der Waals surface area contributed by atoms with Gasteiger partial charge in [0.05, 0.1) is 15.5 Å². The molecule has 2 N–H and O–H groups in total. The van der Waals surface area contributed by atoms with Gasteiger partial charge in [0.25, 0.3) is 15.9 Å². The average molecular weight is 449 g/mol. The van der Waals surface area contributed by atoms with Crippen molar-refractivity contribution in [3.05, 3.63) is 81.0 Å². The van der Waals surface area contributed by atoms with Crippen molar-refractivity contribution in [2.24, 2.45) is 0 Å². The third-order valence-corrected chi connectivity index (χ3v) is 6.70. The van der Waals surface area contributed by atoms with Crippen LogP contribution >= 0.6 is 22.9 Å². The van der Waals surface area contributed by atoms with Crippen LogP contribution < -0.4 is 10.0 Å². The lowest BCUT2D eigenvalue weighted by atomic mass is 10.1. The summed E-state index contributed by atoms with van der Waals surface area (Å²) in [5.74, 6) is -0.412. The number of carbonyl (C=O) groups is 1. The summed E-state index contributed by atoms with van der Waals surface area (Å²) in [5, 5.41) is 7.08. The van der Waals surface area contributed by atoms with Crippen LogP contribution in [0.3, 0.4) is 0 Å². The zero-order valence-corrected chi connectivity index (χ0v) is 18.4. The van der Waals surface area contributed by atoms with Crippen LogP contribution in [-0.4, -0.2) is 20.4 Å². The van der Waals surface area contributed by atoms with Crippen LogP contribution in [0.25, 0.3) is 0 Å². The van der Waals surface area contributed by atoms with Gasteiger partial charge in [0.1, 0.15) is 0 Å². The highest BCUT2D eigenvalue weighted by molar-refractivity contribution is 7.92. The average Bonchev–Trinajstić information content (AvgIpc) is 3.14. The third kappa shape index (κ3) is 5.59. The van der Waals surface area contributed by atoms with Crippen molar-refractivity contribution < 1.29 is 13.2 Å². The molecule has 1 heterocycles. The largest absolute Gasteiger partial charge is 0.349 e. The van der Waals surface area contributed by atoms with E-state index in [1.165, 1.54) is 18.2 Å². The molecule has 1 amide bonds. The predicted molar refractivity (Wildman–Crippen MR) is 118 cm³/mol. The first kappa shape index (κ1) is 21.4. The molecule has 152 valence electrons. The Hall–Kier alpha value is -2.35. The van der Waals surface area contributed by atoms with Crippen molar-refractivity contribution in [1.82, 2.24) is 5.32 Å². The molecule has 0 aliphatic carbocycles. The quantitative estimate of drug-likeness (QED) is 0.541. The van der Waals surface area contributed by atoms with Crippen LogP contribution in [0.1, 0.15) is 28.4 Å². The normalized spacial score (nSPS) is 12.4. The molecule has 0 radical (unpaired) electrons. The maximum Gasteiger partial charge on any atom is 0.261 e. The zero-order valence-electron chi connectivity index (χ0n) is 16.0. The highest BCUT2D eigenvalue weighted by atomic mass is 35.5. The van der Waals surface area contributed by atoms with E-state index in [-0.39, 0.29) is 21.5 Å². The van der Waals surface area contributed by atoms with Gasteiger partial charge in [-0.15, -0.1) is 0 Å². The molecule has 5 nitrogen and oxygen atoms in total. The van der Waals surface area contributed by atoms with E-state index in [4.69, 9.17) is 11.6 Å². The smallest absolute Gasteiger partial charge is 0.261 e. The molecule has 0 fully saturated rings. The first-order valence-corrected chi connectivity index (χ1v) is 11.8. The Morgan fingerprint density at radius 3 is 2.66 bits per heavy atom. The zero-order chi connectivity index (χ0) is 21.0. The standard InChI is InChI=1S/C21H21ClN2O3S2/c1-14-4-3-5-17(10-14)24-29(26,27)18-6-7-20(22)19(12-18)21(25)23-15(2)11-16-8-9-28-13-16/h3-10,12-13,15,24H,11H2,1-2H3,(H,23,25). The fourth-order valence-electron chi connectivity index (χ4n) is 2.88. The lowest BCUT2D eigenvalue weighted by Gasteiger charge is -2.15. The first-order valence-electron chi connectivity index (χ1n) is 8.95. The molecule has 2 aromatic carbocycles. The number of nitrogens with one attached hydrogen (secondary N) is 2. The van der Waals surface area contributed by atoms with E-state index in [1.54, 1.807) is 29.5 Å². The summed E-state index contributed by atoms with van der Waals surface area (Å²) in [6, 6.07) is 13.0. The minimum atomic E-state index is -3.86. The summed E-state index contributed by atoms with van der Waals surface area (Å²) in [6.45, 7) is 3.77. The number of anilines is 1. The summed E-state index contributed by atoms with van der Waals surface area (Å²) < 4.78 is 28.0. The number of sulfonamides is 1. The molecule has 0 saturated heterocycles. The number of rotatable bonds is 7. The van der Waals surface area contributed by atoms with Crippen LogP contribution in [0.5, 0.6) is 0 Å². The summed E-state index contributed by atoms with van der Waals surface area (Å²) in [5.41, 5.74) is 2.64. The van der Waals surface area contributed by atoms with Crippen LogP contribution in [0, 0.1) is 6.92 Å². The second-order valence-electron chi connectivity index (χ2n) is 6.83. The number of amides is 1. The van der Waals surface area contributed by atoms with Gasteiger partial charge in [-0.2, -0.15) is 11.3 Å². The molecule has 8 heteroatoms. The molecule has 0 saturated carbocycles. The number of thiophene rings is 1. The number of halogens is 1. The van der Waals surface area contributed by atoms with Crippen LogP contribution in [-0.2, 0) is 16.4 Å². The summed E-state index contributed by atoms with van der Waals surface area (Å²) >= 11 is 7.77. The summed E-state index contributed by atoms with van der Waals surface area (Å²) in [4.78, 5) is 12.6. The molecule has 29 heavy (non-hydrogen) atoms. The summed E-state index contributed by atoms with van der Waals surface area (Å²) in [7, 11) is -3.86. The molecule has 3 rings (SSSR count). The van der Waals surface area contributed by atoms with E-state index in [1.807, 2.05) is 36.7 Å². The van der Waals surface area contributed by atoms with Gasteiger partial charge >= 0.3 is 0 Å². The Morgan fingerprint density at radius 1 is 1.17 bits per heavy atom. The van der Waals surface area contributed by atoms with Crippen molar-refractivity contribution in [1.29, 1.82) is 0 Å². The van der Waals surface area contributed by atoms with E-state index in [0.717, 1.165) is 11.1 Å². The second-order valence-corrected chi connectivity index (χ2v) is 9.70. The third-order valence-electron chi connectivity index (χ3n) is 4.26. The Bertz CT molecular complexity index is 1110. The summed E-state index contributed by atoms with van der Waals surface area (Å²) in [6.07, 6.45) is 0.680. The molecular formula is C21H21ClN2O3S2. The number of carbonyl (C=O) groups excluding carboxylic acids is 1. The van der Waals surface area contributed by atoms with Gasteiger partial charge in [-0.3, -0.25) is 9.52 Å². The van der Waals surface area contributed by atoms with Crippen molar-refractivity contribution in [2.45, 2.75) is 31.2 Å². The number of benzene rings is 2. The monoisotopic (exact) mass is 448 g/mol. The van der Waals surface area contributed by atoms with Gasteiger partial charge in [-0.05, 0) is 78.6 Å². The van der Waals surface area contributed by atoms with Gasteiger partial charge in [0, 0.05) is 11.7 Å². The Labute approximate surface area is 179 Å². The molecule has 0 spiro atoms. The van der Waals surface area contributed by atoms with E-state index >= 15 is 0 Å². The molecule has 1 unspecified atom stereocenters. The van der Waals surface area contributed by atoms with Crippen LogP contribution in [0.2, 0.25) is 5.02 Å². The molecule has 0 aliphatic rings. The maximum atomic E-state index is 12.7. The number of aryl methyl sites for hydroxylation is 1.